The minimum absolute atomic E-state index is 0.0507. The average molecular weight is 373 g/mol. The van der Waals surface area contributed by atoms with Crippen molar-refractivity contribution in [2.24, 2.45) is 5.92 Å². The highest BCUT2D eigenvalue weighted by atomic mass is 35.5. The van der Waals surface area contributed by atoms with Gasteiger partial charge >= 0.3 is 0 Å². The molecule has 0 N–H and O–H groups in total. The Bertz CT molecular complexity index is 721. The Hall–Kier alpha value is -0.850. The van der Waals surface area contributed by atoms with Crippen molar-refractivity contribution in [1.82, 2.24) is 4.90 Å². The molecule has 126 valence electrons. The lowest BCUT2D eigenvalue weighted by atomic mass is 10.1. The summed E-state index contributed by atoms with van der Waals surface area (Å²) in [7, 11) is -3.03. The van der Waals surface area contributed by atoms with Crippen molar-refractivity contribution in [2.45, 2.75) is 32.4 Å². The van der Waals surface area contributed by atoms with Crippen molar-refractivity contribution in [2.75, 3.05) is 23.0 Å². The molecule has 1 aromatic rings. The van der Waals surface area contributed by atoms with Gasteiger partial charge in [-0.05, 0) is 42.8 Å². The number of halogens is 1. The molecular weight excluding hydrogens is 352 g/mol. The molecule has 3 rings (SSSR count). The van der Waals surface area contributed by atoms with Gasteiger partial charge in [0.1, 0.15) is 0 Å². The molecule has 0 bridgehead atoms. The third-order valence-electron chi connectivity index (χ3n) is 4.51. The Labute approximate surface area is 148 Å². The van der Waals surface area contributed by atoms with Crippen LogP contribution in [0.3, 0.4) is 0 Å². The summed E-state index contributed by atoms with van der Waals surface area (Å²) in [6.45, 7) is 5.12. The number of hydrogen-bond acceptors (Lipinski definition) is 3. The zero-order chi connectivity index (χ0) is 16.8. The van der Waals surface area contributed by atoms with E-state index in [1.807, 2.05) is 29.2 Å². The van der Waals surface area contributed by atoms with Crippen molar-refractivity contribution in [1.29, 1.82) is 0 Å². The third-order valence-corrected chi connectivity index (χ3v) is 6.88. The van der Waals surface area contributed by atoms with Crippen LogP contribution in [0.25, 0.3) is 0 Å². The summed E-state index contributed by atoms with van der Waals surface area (Å²) in [4.78, 5) is 4.09. The summed E-state index contributed by atoms with van der Waals surface area (Å²) < 4.78 is 24.3. The van der Waals surface area contributed by atoms with E-state index in [1.54, 1.807) is 0 Å². The largest absolute Gasteiger partial charge is 0.343 e. The van der Waals surface area contributed by atoms with Gasteiger partial charge < -0.3 is 9.80 Å². The monoisotopic (exact) mass is 372 g/mol. The second-order valence-corrected chi connectivity index (χ2v) is 9.68. The summed E-state index contributed by atoms with van der Waals surface area (Å²) in [6, 6.07) is 7.30. The summed E-state index contributed by atoms with van der Waals surface area (Å²) in [5, 5.41) is 1.35. The fourth-order valence-electron chi connectivity index (χ4n) is 3.36. The molecule has 2 aliphatic heterocycles. The molecule has 0 spiro atoms. The van der Waals surface area contributed by atoms with E-state index in [4.69, 9.17) is 23.8 Å². The van der Waals surface area contributed by atoms with Gasteiger partial charge in [0.2, 0.25) is 0 Å². The fraction of sp³-hybridized carbons (Fsp3) is 0.562. The second-order valence-electron chi connectivity index (χ2n) is 6.72. The lowest BCUT2D eigenvalue weighted by Crippen LogP contribution is -2.38. The maximum atomic E-state index is 12.2. The molecule has 0 aromatic heterocycles. The Kier molecular flexibility index (Phi) is 4.60. The minimum Gasteiger partial charge on any atom is -0.343 e. The van der Waals surface area contributed by atoms with Crippen LogP contribution in [0.2, 0.25) is 5.02 Å². The second kappa shape index (κ2) is 6.22. The fourth-order valence-corrected chi connectivity index (χ4v) is 5.97. The first-order valence-corrected chi connectivity index (χ1v) is 10.4. The number of hydrogen-bond donors (Lipinski definition) is 0. The van der Waals surface area contributed by atoms with E-state index in [1.165, 1.54) is 0 Å². The van der Waals surface area contributed by atoms with Crippen LogP contribution in [0.1, 0.15) is 20.3 Å². The van der Waals surface area contributed by atoms with Gasteiger partial charge in [0, 0.05) is 17.3 Å². The molecule has 0 radical (unpaired) electrons. The smallest absolute Gasteiger partial charge is 0.176 e. The molecule has 4 nitrogen and oxygen atoms in total. The maximum Gasteiger partial charge on any atom is 0.176 e. The van der Waals surface area contributed by atoms with Gasteiger partial charge in [0.25, 0.3) is 0 Å². The highest BCUT2D eigenvalue weighted by molar-refractivity contribution is 7.91. The first-order chi connectivity index (χ1) is 10.8. The number of benzene rings is 1. The van der Waals surface area contributed by atoms with E-state index < -0.39 is 9.84 Å². The van der Waals surface area contributed by atoms with Crippen molar-refractivity contribution in [3.63, 3.8) is 0 Å². The van der Waals surface area contributed by atoms with E-state index in [-0.39, 0.29) is 23.6 Å². The molecule has 2 saturated heterocycles. The SMILES string of the molecule is CC(C)CCN1C(=S)N(c2cccc(Cl)c2)[C@@H]2CS(=O)(=O)C[C@H]21. The molecule has 0 amide bonds. The molecular formula is C16H21ClN2O2S2. The Morgan fingerprint density at radius 3 is 2.65 bits per heavy atom. The van der Waals surface area contributed by atoms with Crippen molar-refractivity contribution < 1.29 is 8.42 Å². The summed E-state index contributed by atoms with van der Waals surface area (Å²) >= 11 is 11.8. The lowest BCUT2D eigenvalue weighted by Gasteiger charge is -2.26. The molecule has 23 heavy (non-hydrogen) atoms. The van der Waals surface area contributed by atoms with Crippen LogP contribution in [-0.2, 0) is 9.84 Å². The van der Waals surface area contributed by atoms with E-state index in [0.717, 1.165) is 23.8 Å². The molecule has 2 fully saturated rings. The zero-order valence-electron chi connectivity index (χ0n) is 13.3. The van der Waals surface area contributed by atoms with Gasteiger partial charge in [-0.15, -0.1) is 0 Å². The minimum atomic E-state index is -3.03. The van der Waals surface area contributed by atoms with Crippen LogP contribution in [0.4, 0.5) is 5.69 Å². The average Bonchev–Trinajstić information content (AvgIpc) is 2.86. The summed E-state index contributed by atoms with van der Waals surface area (Å²) in [6.07, 6.45) is 0.993. The normalized spacial score (nSPS) is 26.2. The molecule has 0 unspecified atom stereocenters. The number of sulfone groups is 1. The summed E-state index contributed by atoms with van der Waals surface area (Å²) in [5.74, 6) is 0.893. The van der Waals surface area contributed by atoms with Gasteiger partial charge in [0.05, 0.1) is 23.6 Å². The predicted molar refractivity (Wildman–Crippen MR) is 98.9 cm³/mol. The van der Waals surface area contributed by atoms with E-state index in [9.17, 15) is 8.42 Å². The van der Waals surface area contributed by atoms with E-state index >= 15 is 0 Å². The van der Waals surface area contributed by atoms with Crippen molar-refractivity contribution in [3.05, 3.63) is 29.3 Å². The molecule has 0 saturated carbocycles. The zero-order valence-corrected chi connectivity index (χ0v) is 15.7. The molecule has 0 aliphatic carbocycles. The molecule has 7 heteroatoms. The molecule has 2 atom stereocenters. The highest BCUT2D eigenvalue weighted by Gasteiger charge is 2.51. The van der Waals surface area contributed by atoms with E-state index in [2.05, 4.69) is 18.7 Å². The highest BCUT2D eigenvalue weighted by Crippen LogP contribution is 2.36. The van der Waals surface area contributed by atoms with Gasteiger partial charge in [-0.1, -0.05) is 31.5 Å². The molecule has 1 aromatic carbocycles. The first-order valence-electron chi connectivity index (χ1n) is 7.84. The Balaban J connectivity index is 1.94. The van der Waals surface area contributed by atoms with Crippen LogP contribution in [0, 0.1) is 5.92 Å². The standard InChI is InChI=1S/C16H21ClN2O2S2/c1-11(2)6-7-18-14-9-23(20,21)10-15(14)19(16(18)22)13-5-3-4-12(17)8-13/h3-5,8,11,14-15H,6-7,9-10H2,1-2H3/t14-,15-/m1/s1. The first kappa shape index (κ1) is 17.0. The topological polar surface area (TPSA) is 40.6 Å². The van der Waals surface area contributed by atoms with Crippen LogP contribution in [-0.4, -0.2) is 48.6 Å². The van der Waals surface area contributed by atoms with Crippen LogP contribution >= 0.6 is 23.8 Å². The lowest BCUT2D eigenvalue weighted by molar-refractivity contribution is 0.333. The Morgan fingerprint density at radius 2 is 2.00 bits per heavy atom. The Morgan fingerprint density at radius 1 is 1.30 bits per heavy atom. The molecule has 2 aliphatic rings. The van der Waals surface area contributed by atoms with Gasteiger partial charge in [-0.25, -0.2) is 8.42 Å². The van der Waals surface area contributed by atoms with Gasteiger partial charge in [-0.3, -0.25) is 0 Å². The van der Waals surface area contributed by atoms with Crippen molar-refractivity contribution >= 4 is 44.5 Å². The van der Waals surface area contributed by atoms with Gasteiger partial charge in [-0.2, -0.15) is 0 Å². The van der Waals surface area contributed by atoms with Crippen LogP contribution < -0.4 is 4.90 Å². The molecule has 2 heterocycles. The third kappa shape index (κ3) is 3.35. The number of anilines is 1. The number of rotatable bonds is 4. The van der Waals surface area contributed by atoms with Crippen LogP contribution in [0.15, 0.2) is 24.3 Å². The van der Waals surface area contributed by atoms with Gasteiger partial charge in [0.15, 0.2) is 14.9 Å². The summed E-state index contributed by atoms with van der Waals surface area (Å²) in [5.41, 5.74) is 0.877. The predicted octanol–water partition coefficient (Wildman–Crippen LogP) is 2.96. The van der Waals surface area contributed by atoms with E-state index in [0.29, 0.717) is 10.9 Å². The number of nitrogens with zero attached hydrogens (tertiary/aromatic N) is 2. The quantitative estimate of drug-likeness (QED) is 0.760. The van der Waals surface area contributed by atoms with Crippen molar-refractivity contribution in [3.8, 4) is 0 Å². The number of fused-ring (bicyclic) bond motifs is 1. The maximum absolute atomic E-state index is 12.2. The number of thiocarbonyl (C=S) groups is 1. The van der Waals surface area contributed by atoms with Crippen LogP contribution in [0.5, 0.6) is 0 Å².